The van der Waals surface area contributed by atoms with Crippen LogP contribution in [-0.2, 0) is 6.54 Å². The van der Waals surface area contributed by atoms with Gasteiger partial charge in [0.1, 0.15) is 0 Å². The summed E-state index contributed by atoms with van der Waals surface area (Å²) in [4.78, 5) is 4.56. The van der Waals surface area contributed by atoms with Gasteiger partial charge in [-0.25, -0.2) is 4.98 Å². The van der Waals surface area contributed by atoms with Crippen LogP contribution >= 0.6 is 27.3 Å². The van der Waals surface area contributed by atoms with Gasteiger partial charge in [0.2, 0.25) is 0 Å². The van der Waals surface area contributed by atoms with E-state index in [1.165, 1.54) is 5.56 Å². The van der Waals surface area contributed by atoms with Gasteiger partial charge in [0.05, 0.1) is 5.69 Å². The standard InChI is InChI=1S/C14H18BrN3S/c1-3-6-16-8-12-9-19-14(18-12)17-11-4-5-13(15)10(2)7-11/h4-5,7,9,16H,3,6,8H2,1-2H3,(H,17,18). The van der Waals surface area contributed by atoms with E-state index < -0.39 is 0 Å². The molecule has 0 aliphatic heterocycles. The van der Waals surface area contributed by atoms with Crippen molar-refractivity contribution in [2.24, 2.45) is 0 Å². The molecule has 0 aliphatic carbocycles. The van der Waals surface area contributed by atoms with Crippen molar-refractivity contribution in [2.75, 3.05) is 11.9 Å². The summed E-state index contributed by atoms with van der Waals surface area (Å²) in [6.07, 6.45) is 1.15. The van der Waals surface area contributed by atoms with Gasteiger partial charge in [0, 0.05) is 22.1 Å². The molecule has 1 aromatic carbocycles. The third kappa shape index (κ3) is 4.30. The Labute approximate surface area is 126 Å². The van der Waals surface area contributed by atoms with Crippen LogP contribution < -0.4 is 10.6 Å². The molecule has 0 fully saturated rings. The molecule has 0 radical (unpaired) electrons. The van der Waals surface area contributed by atoms with E-state index in [0.717, 1.165) is 40.5 Å². The Morgan fingerprint density at radius 2 is 2.21 bits per heavy atom. The Hall–Kier alpha value is -0.910. The van der Waals surface area contributed by atoms with Crippen molar-refractivity contribution in [1.82, 2.24) is 10.3 Å². The van der Waals surface area contributed by atoms with Crippen LogP contribution in [0.15, 0.2) is 28.1 Å². The monoisotopic (exact) mass is 339 g/mol. The molecule has 1 heterocycles. The van der Waals surface area contributed by atoms with Gasteiger partial charge >= 0.3 is 0 Å². The number of nitrogens with one attached hydrogen (secondary N) is 2. The van der Waals surface area contributed by atoms with Crippen molar-refractivity contribution in [3.8, 4) is 0 Å². The molecule has 2 aromatic rings. The molecule has 0 atom stereocenters. The zero-order valence-electron chi connectivity index (χ0n) is 11.2. The maximum Gasteiger partial charge on any atom is 0.187 e. The second-order valence-electron chi connectivity index (χ2n) is 4.41. The van der Waals surface area contributed by atoms with E-state index in [1.54, 1.807) is 11.3 Å². The van der Waals surface area contributed by atoms with Gasteiger partial charge in [-0.05, 0) is 43.7 Å². The van der Waals surface area contributed by atoms with Crippen molar-refractivity contribution in [3.05, 3.63) is 39.3 Å². The van der Waals surface area contributed by atoms with Crippen molar-refractivity contribution < 1.29 is 0 Å². The zero-order chi connectivity index (χ0) is 13.7. The molecule has 0 amide bonds. The fourth-order valence-corrected chi connectivity index (χ4v) is 2.66. The molecule has 19 heavy (non-hydrogen) atoms. The highest BCUT2D eigenvalue weighted by Crippen LogP contribution is 2.24. The van der Waals surface area contributed by atoms with Crippen LogP contribution in [0.25, 0.3) is 0 Å². The summed E-state index contributed by atoms with van der Waals surface area (Å²) in [7, 11) is 0. The van der Waals surface area contributed by atoms with E-state index in [1.807, 2.05) is 6.07 Å². The average molecular weight is 340 g/mol. The molecule has 0 bridgehead atoms. The molecular weight excluding hydrogens is 322 g/mol. The third-order valence-electron chi connectivity index (χ3n) is 2.69. The highest BCUT2D eigenvalue weighted by atomic mass is 79.9. The first kappa shape index (κ1) is 14.5. The van der Waals surface area contributed by atoms with Gasteiger partial charge < -0.3 is 10.6 Å². The van der Waals surface area contributed by atoms with Gasteiger partial charge in [-0.15, -0.1) is 11.3 Å². The lowest BCUT2D eigenvalue weighted by molar-refractivity contribution is 0.667. The van der Waals surface area contributed by atoms with Crippen LogP contribution in [-0.4, -0.2) is 11.5 Å². The molecule has 0 aliphatic rings. The first-order chi connectivity index (χ1) is 9.19. The summed E-state index contributed by atoms with van der Waals surface area (Å²) < 4.78 is 1.13. The number of aromatic nitrogens is 1. The largest absolute Gasteiger partial charge is 0.332 e. The topological polar surface area (TPSA) is 37.0 Å². The van der Waals surface area contributed by atoms with Gasteiger partial charge in [-0.1, -0.05) is 22.9 Å². The highest BCUT2D eigenvalue weighted by Gasteiger charge is 2.03. The molecule has 3 nitrogen and oxygen atoms in total. The number of nitrogens with zero attached hydrogens (tertiary/aromatic N) is 1. The molecule has 5 heteroatoms. The lowest BCUT2D eigenvalue weighted by Gasteiger charge is -2.05. The van der Waals surface area contributed by atoms with Gasteiger partial charge in [0.25, 0.3) is 0 Å². The van der Waals surface area contributed by atoms with Gasteiger partial charge in [-0.3, -0.25) is 0 Å². The summed E-state index contributed by atoms with van der Waals surface area (Å²) >= 11 is 5.14. The quantitative estimate of drug-likeness (QED) is 0.763. The minimum absolute atomic E-state index is 0.839. The van der Waals surface area contributed by atoms with Crippen LogP contribution in [0.5, 0.6) is 0 Å². The van der Waals surface area contributed by atoms with Crippen LogP contribution in [0.1, 0.15) is 24.6 Å². The van der Waals surface area contributed by atoms with Crippen LogP contribution in [0.4, 0.5) is 10.8 Å². The molecule has 102 valence electrons. The van der Waals surface area contributed by atoms with E-state index in [2.05, 4.69) is 62.9 Å². The van der Waals surface area contributed by atoms with Gasteiger partial charge in [0.15, 0.2) is 5.13 Å². The molecule has 0 unspecified atom stereocenters. The number of anilines is 2. The maximum absolute atomic E-state index is 4.56. The predicted molar refractivity (Wildman–Crippen MR) is 86.3 cm³/mol. The van der Waals surface area contributed by atoms with E-state index >= 15 is 0 Å². The predicted octanol–water partition coefficient (Wildman–Crippen LogP) is 4.46. The molecule has 0 spiro atoms. The van der Waals surface area contributed by atoms with E-state index in [9.17, 15) is 0 Å². The Bertz CT molecular complexity index is 539. The maximum atomic E-state index is 4.56. The molecule has 2 rings (SSSR count). The van der Waals surface area contributed by atoms with Crippen LogP contribution in [0.2, 0.25) is 0 Å². The number of halogens is 1. The normalized spacial score (nSPS) is 10.7. The van der Waals surface area contributed by atoms with Crippen molar-refractivity contribution in [3.63, 3.8) is 0 Å². The molecule has 0 saturated heterocycles. The summed E-state index contributed by atoms with van der Waals surface area (Å²) in [5.74, 6) is 0. The fraction of sp³-hybridized carbons (Fsp3) is 0.357. The lowest BCUT2D eigenvalue weighted by Crippen LogP contribution is -2.13. The first-order valence-corrected chi connectivity index (χ1v) is 8.04. The number of rotatable bonds is 6. The van der Waals surface area contributed by atoms with Crippen molar-refractivity contribution in [2.45, 2.75) is 26.8 Å². The second kappa shape index (κ2) is 7.03. The van der Waals surface area contributed by atoms with Crippen molar-refractivity contribution in [1.29, 1.82) is 0 Å². The molecule has 0 saturated carbocycles. The van der Waals surface area contributed by atoms with Crippen LogP contribution in [0.3, 0.4) is 0 Å². The number of thiazole rings is 1. The molecular formula is C14H18BrN3S. The highest BCUT2D eigenvalue weighted by molar-refractivity contribution is 9.10. The number of benzene rings is 1. The Kier molecular flexibility index (Phi) is 5.36. The number of hydrogen-bond donors (Lipinski definition) is 2. The second-order valence-corrected chi connectivity index (χ2v) is 6.12. The Balaban J connectivity index is 1.97. The molecule has 2 N–H and O–H groups in total. The summed E-state index contributed by atoms with van der Waals surface area (Å²) in [6, 6.07) is 6.21. The zero-order valence-corrected chi connectivity index (χ0v) is 13.6. The smallest absolute Gasteiger partial charge is 0.187 e. The minimum atomic E-state index is 0.839. The minimum Gasteiger partial charge on any atom is -0.332 e. The summed E-state index contributed by atoms with van der Waals surface area (Å²) in [5, 5.41) is 9.73. The van der Waals surface area contributed by atoms with E-state index in [4.69, 9.17) is 0 Å². The molecule has 1 aromatic heterocycles. The Morgan fingerprint density at radius 1 is 1.37 bits per heavy atom. The Morgan fingerprint density at radius 3 is 2.95 bits per heavy atom. The summed E-state index contributed by atoms with van der Waals surface area (Å²) in [6.45, 7) is 6.12. The van der Waals surface area contributed by atoms with Gasteiger partial charge in [-0.2, -0.15) is 0 Å². The third-order valence-corrected chi connectivity index (χ3v) is 4.39. The van der Waals surface area contributed by atoms with E-state index in [0.29, 0.717) is 0 Å². The number of aryl methyl sites for hydroxylation is 1. The SMILES string of the molecule is CCCNCc1csc(Nc2ccc(Br)c(C)c2)n1. The van der Waals surface area contributed by atoms with Crippen LogP contribution in [0, 0.1) is 6.92 Å². The van der Waals surface area contributed by atoms with E-state index in [-0.39, 0.29) is 0 Å². The fourth-order valence-electron chi connectivity index (χ4n) is 1.68. The first-order valence-electron chi connectivity index (χ1n) is 6.37. The lowest BCUT2D eigenvalue weighted by atomic mass is 10.2. The number of hydrogen-bond acceptors (Lipinski definition) is 4. The van der Waals surface area contributed by atoms with Crippen molar-refractivity contribution >= 4 is 38.1 Å². The summed E-state index contributed by atoms with van der Waals surface area (Å²) in [5.41, 5.74) is 3.38. The average Bonchev–Trinajstić information content (AvgIpc) is 2.82.